The number of carboxylic acids is 1. The van der Waals surface area contributed by atoms with Crippen LogP contribution in [-0.4, -0.2) is 88.3 Å². The Balaban J connectivity index is 0.680. The molecular formula is C52H51IN9O6S-. The molecule has 0 radical (unpaired) electrons. The maximum absolute atomic E-state index is 13.6. The summed E-state index contributed by atoms with van der Waals surface area (Å²) in [5.41, 5.74) is 7.99. The average molecular weight is 1060 g/mol. The number of amides is 3. The van der Waals surface area contributed by atoms with Crippen molar-refractivity contribution in [2.75, 3.05) is 47.8 Å². The van der Waals surface area contributed by atoms with E-state index in [4.69, 9.17) is 9.84 Å². The number of hydrogen-bond acceptors (Lipinski definition) is 12. The molecule has 4 aliphatic heterocycles. The second kappa shape index (κ2) is 19.2. The van der Waals surface area contributed by atoms with Crippen molar-refractivity contribution >= 4 is 72.8 Å². The fraction of sp³-hybridized carbons (Fsp3) is 0.327. The van der Waals surface area contributed by atoms with Crippen molar-refractivity contribution in [1.29, 1.82) is 0 Å². The Morgan fingerprint density at radius 2 is 1.74 bits per heavy atom. The minimum absolute atomic E-state index is 0.0486. The zero-order valence-corrected chi connectivity index (χ0v) is 41.0. The van der Waals surface area contributed by atoms with Crippen molar-refractivity contribution in [3.05, 3.63) is 136 Å². The maximum atomic E-state index is 13.6. The predicted molar refractivity (Wildman–Crippen MR) is 261 cm³/mol. The van der Waals surface area contributed by atoms with E-state index in [1.165, 1.54) is 29.0 Å². The number of rotatable bonds is 12. The number of aromatic nitrogens is 4. The summed E-state index contributed by atoms with van der Waals surface area (Å²) >= 11 is 1.29. The molecule has 69 heavy (non-hydrogen) atoms. The van der Waals surface area contributed by atoms with Gasteiger partial charge in [0.2, 0.25) is 0 Å². The molecule has 0 spiro atoms. The van der Waals surface area contributed by atoms with Crippen molar-refractivity contribution in [3.63, 3.8) is 0 Å². The molecule has 0 saturated carbocycles. The number of anilines is 3. The Hall–Kier alpha value is -6.44. The number of imide groups is 1. The number of carbonyl (C=O) groups is 4. The average Bonchev–Trinajstić information content (AvgIpc) is 4.10. The quantitative estimate of drug-likeness (QED) is 0.0670. The van der Waals surface area contributed by atoms with Gasteiger partial charge in [-0.3, -0.25) is 14.9 Å². The Kier molecular flexibility index (Phi) is 12.5. The van der Waals surface area contributed by atoms with E-state index >= 15 is 0 Å². The normalized spacial score (nSPS) is 19.0. The standard InChI is InChI=1S/C52H51IN9O6S/c1-59-43-27-36(13-14-39(43)48(58-59)40-15-17-46(63)56-50(40)65)60-23-21-35(28-60)53-62-24-19-31(20-25-62)33-7-4-8-37(26-33)68-30-34-12-16-45(55-47(34)51(66)67)61-22-18-32-6-5-9-38(41(32)29-61)49(64)57-52-54-42-10-2-3-11-44(42)69-52/h2-14,16,26-27,31,35,40H,15,17-25,28-30H2,1H3,(H,66,67)(H,54,57,64)(H,56,63,65)/q-1. The number of aryl methyl sites for hydroxylation is 1. The first-order valence-corrected chi connectivity index (χ1v) is 26.6. The Morgan fingerprint density at radius 3 is 2.58 bits per heavy atom. The minimum atomic E-state index is -1.12. The van der Waals surface area contributed by atoms with Gasteiger partial charge in [-0.05, 0) is 35.7 Å². The van der Waals surface area contributed by atoms with Gasteiger partial charge >= 0.3 is 264 Å². The van der Waals surface area contributed by atoms with Crippen LogP contribution in [0.15, 0.2) is 97.1 Å². The first-order valence-electron chi connectivity index (χ1n) is 23.5. The molecule has 3 amide bonds. The van der Waals surface area contributed by atoms with Gasteiger partial charge in [-0.15, -0.1) is 0 Å². The summed E-state index contributed by atoms with van der Waals surface area (Å²) in [5.74, 6) is -0.577. The van der Waals surface area contributed by atoms with Gasteiger partial charge in [0.05, 0.1) is 10.2 Å². The van der Waals surface area contributed by atoms with E-state index < -0.39 is 11.9 Å². The summed E-state index contributed by atoms with van der Waals surface area (Å²) in [4.78, 5) is 64.3. The van der Waals surface area contributed by atoms with Crippen LogP contribution in [0.1, 0.15) is 92.7 Å². The van der Waals surface area contributed by atoms with Crippen LogP contribution in [0, 0.1) is 0 Å². The summed E-state index contributed by atoms with van der Waals surface area (Å²) in [6.45, 7) is 5.32. The topological polar surface area (TPSA) is 175 Å². The molecule has 354 valence electrons. The van der Waals surface area contributed by atoms with Crippen LogP contribution in [0.2, 0.25) is 0 Å². The van der Waals surface area contributed by atoms with Gasteiger partial charge in [0.15, 0.2) is 5.13 Å². The number of carbonyl (C=O) groups excluding carboxylic acids is 3. The molecule has 2 unspecified atom stereocenters. The zero-order valence-electron chi connectivity index (χ0n) is 38.1. The summed E-state index contributed by atoms with van der Waals surface area (Å²) in [6, 6.07) is 31.9. The van der Waals surface area contributed by atoms with Gasteiger partial charge in [0, 0.05) is 18.7 Å². The molecule has 4 aromatic carbocycles. The fourth-order valence-electron chi connectivity index (χ4n) is 10.2. The second-order valence-electron chi connectivity index (χ2n) is 18.2. The number of para-hydroxylation sites is 1. The SMILES string of the molecule is Cn1nc(C2CCC(=O)NC2=O)c2ccc(N3CCC([I-]N4CCC(c5cccc(OCc6ccc(N7CCc8cccc(C(=O)Nc9nc%10ccccc%10s9)c8C7)nc6C(=O)O)c5)CC4)C3)cc21. The van der Waals surface area contributed by atoms with Gasteiger partial charge in [-0.2, -0.15) is 0 Å². The number of piperidine rings is 2. The number of nitrogens with zero attached hydrogens (tertiary/aromatic N) is 7. The van der Waals surface area contributed by atoms with Gasteiger partial charge in [0.1, 0.15) is 5.82 Å². The second-order valence-corrected chi connectivity index (χ2v) is 22.9. The summed E-state index contributed by atoms with van der Waals surface area (Å²) in [6.07, 6.45) is 4.84. The number of hydrogen-bond donors (Lipinski definition) is 3. The molecule has 3 saturated heterocycles. The van der Waals surface area contributed by atoms with Crippen LogP contribution in [0.5, 0.6) is 5.75 Å². The van der Waals surface area contributed by atoms with Gasteiger partial charge in [-0.1, -0.05) is 35.6 Å². The van der Waals surface area contributed by atoms with E-state index in [-0.39, 0.29) is 51.5 Å². The molecule has 3 N–H and O–H groups in total. The fourth-order valence-corrected chi connectivity index (χ4v) is 14.5. The number of benzene rings is 4. The molecule has 11 rings (SSSR count). The first kappa shape index (κ1) is 45.0. The van der Waals surface area contributed by atoms with Gasteiger partial charge in [0.25, 0.3) is 5.91 Å². The van der Waals surface area contributed by atoms with E-state index in [9.17, 15) is 24.3 Å². The van der Waals surface area contributed by atoms with Crippen LogP contribution < -0.4 is 46.6 Å². The Bertz CT molecular complexity index is 3120. The van der Waals surface area contributed by atoms with Crippen LogP contribution in [0.25, 0.3) is 21.1 Å². The number of ether oxygens (including phenoxy) is 1. The summed E-state index contributed by atoms with van der Waals surface area (Å²) < 4.78 is 12.5. The number of aromatic carboxylic acids is 1. The van der Waals surface area contributed by atoms with E-state index in [2.05, 4.69) is 58.9 Å². The zero-order chi connectivity index (χ0) is 47.2. The van der Waals surface area contributed by atoms with Crippen molar-refractivity contribution in [2.45, 2.75) is 67.4 Å². The molecule has 0 aliphatic carbocycles. The third-order valence-electron chi connectivity index (χ3n) is 13.9. The Morgan fingerprint density at radius 1 is 0.884 bits per heavy atom. The number of fused-ring (bicyclic) bond motifs is 3. The van der Waals surface area contributed by atoms with E-state index in [0.29, 0.717) is 70.0 Å². The van der Waals surface area contributed by atoms with Crippen LogP contribution in [-0.2, 0) is 36.2 Å². The van der Waals surface area contributed by atoms with Crippen molar-refractivity contribution in [3.8, 4) is 5.75 Å². The summed E-state index contributed by atoms with van der Waals surface area (Å²) in [5, 5.41) is 22.0. The number of halogens is 1. The number of pyridine rings is 1. The van der Waals surface area contributed by atoms with Crippen molar-refractivity contribution < 1.29 is 50.5 Å². The third kappa shape index (κ3) is 9.38. The van der Waals surface area contributed by atoms with Gasteiger partial charge in [-0.25, -0.2) is 9.78 Å². The van der Waals surface area contributed by atoms with E-state index in [0.717, 1.165) is 77.0 Å². The summed E-state index contributed by atoms with van der Waals surface area (Å²) in [7, 11) is 1.92. The molecule has 2 atom stereocenters. The molecule has 7 aromatic rings. The Labute approximate surface area is 413 Å². The van der Waals surface area contributed by atoms with Crippen LogP contribution in [0.3, 0.4) is 0 Å². The monoisotopic (exact) mass is 1060 g/mol. The van der Waals surface area contributed by atoms with Crippen LogP contribution >= 0.6 is 11.3 Å². The van der Waals surface area contributed by atoms with Crippen molar-refractivity contribution in [1.82, 2.24) is 28.2 Å². The van der Waals surface area contributed by atoms with Crippen molar-refractivity contribution in [2.24, 2.45) is 7.05 Å². The molecule has 7 heterocycles. The third-order valence-corrected chi connectivity index (χ3v) is 18.4. The number of alkyl halides is 1. The van der Waals surface area contributed by atoms with E-state index in [1.54, 1.807) is 6.07 Å². The molecule has 17 heteroatoms. The number of thiazole rings is 1. The van der Waals surface area contributed by atoms with E-state index in [1.807, 2.05) is 77.3 Å². The first-order chi connectivity index (χ1) is 33.6. The molecule has 15 nitrogen and oxygen atoms in total. The van der Waals surface area contributed by atoms with Gasteiger partial charge < -0.3 is 10.0 Å². The molecule has 3 fully saturated rings. The predicted octanol–water partition coefficient (Wildman–Crippen LogP) is 4.65. The molecule has 4 aliphatic rings. The number of nitrogens with one attached hydrogen (secondary N) is 2. The molecule has 3 aromatic heterocycles. The van der Waals surface area contributed by atoms with Crippen LogP contribution in [0.4, 0.5) is 16.6 Å². The molecule has 0 bridgehead atoms. The number of carboxylic acid groups (broad SMARTS) is 1. The molecular weight excluding hydrogens is 1010 g/mol.